The smallest absolute Gasteiger partial charge is 0.225 e. The van der Waals surface area contributed by atoms with E-state index >= 15 is 0 Å². The van der Waals surface area contributed by atoms with Crippen LogP contribution < -0.4 is 5.32 Å². The monoisotopic (exact) mass is 496 g/mol. The number of likely N-dealkylation sites (tertiary alicyclic amines) is 1. The highest BCUT2D eigenvalue weighted by Gasteiger charge is 2.32. The summed E-state index contributed by atoms with van der Waals surface area (Å²) in [5, 5.41) is 2.86. The van der Waals surface area contributed by atoms with Crippen LogP contribution in [0.4, 0.5) is 4.39 Å². The fourth-order valence-electron chi connectivity index (χ4n) is 4.95. The number of benzene rings is 1. The highest BCUT2D eigenvalue weighted by atomic mass is 19.1. The standard InChI is InChI=1S/C28H37FN4O3/c1-17-7-10-21(22(29)12-17)24-16-30-28(32-24)18(2)13-25(34)23(31-26(35)14-20-8-9-20)15-27(36)33-11-5-4-6-19(33)3/h7,10,12,16,18-20,23H,4-6,8-9,11,13-15H2,1-3H3,(H,30,32)(H,31,35)/t18-,19+,23+/m1/s1. The predicted molar refractivity (Wildman–Crippen MR) is 136 cm³/mol. The number of aryl methyl sites for hydroxylation is 1. The molecule has 7 nitrogen and oxygen atoms in total. The number of hydrogen-bond acceptors (Lipinski definition) is 4. The molecule has 1 aromatic carbocycles. The Labute approximate surface area is 212 Å². The number of rotatable bonds is 10. The van der Waals surface area contributed by atoms with E-state index in [9.17, 15) is 18.8 Å². The lowest BCUT2D eigenvalue weighted by atomic mass is 9.96. The topological polar surface area (TPSA) is 95.2 Å². The molecule has 1 aliphatic carbocycles. The number of aromatic nitrogens is 2. The molecule has 0 spiro atoms. The average molecular weight is 497 g/mol. The zero-order valence-corrected chi connectivity index (χ0v) is 21.5. The number of nitrogens with zero attached hydrogens (tertiary/aromatic N) is 2. The van der Waals surface area contributed by atoms with E-state index in [0.717, 1.165) is 37.7 Å². The molecule has 0 unspecified atom stereocenters. The first-order chi connectivity index (χ1) is 17.2. The van der Waals surface area contributed by atoms with Crippen molar-refractivity contribution in [1.29, 1.82) is 0 Å². The van der Waals surface area contributed by atoms with Gasteiger partial charge >= 0.3 is 0 Å². The summed E-state index contributed by atoms with van der Waals surface area (Å²) in [6, 6.07) is 4.30. The summed E-state index contributed by atoms with van der Waals surface area (Å²) >= 11 is 0. The van der Waals surface area contributed by atoms with E-state index < -0.39 is 6.04 Å². The van der Waals surface area contributed by atoms with Crippen molar-refractivity contribution in [3.63, 3.8) is 0 Å². The number of H-pyrrole nitrogens is 1. The van der Waals surface area contributed by atoms with E-state index in [2.05, 4.69) is 15.3 Å². The Morgan fingerprint density at radius 3 is 2.67 bits per heavy atom. The first-order valence-electron chi connectivity index (χ1n) is 13.1. The number of aromatic amines is 1. The molecule has 3 atom stereocenters. The van der Waals surface area contributed by atoms with Gasteiger partial charge in [0.25, 0.3) is 0 Å². The van der Waals surface area contributed by atoms with Crippen LogP contribution in [-0.2, 0) is 14.4 Å². The number of carbonyl (C=O) groups is 3. The number of imidazole rings is 1. The van der Waals surface area contributed by atoms with Crippen LogP contribution in [0.5, 0.6) is 0 Å². The molecular weight excluding hydrogens is 459 g/mol. The number of carbonyl (C=O) groups excluding carboxylic acids is 3. The van der Waals surface area contributed by atoms with Gasteiger partial charge in [0, 0.05) is 36.9 Å². The largest absolute Gasteiger partial charge is 0.346 e. The number of piperidine rings is 1. The fraction of sp³-hybridized carbons (Fsp3) is 0.571. The van der Waals surface area contributed by atoms with Crippen LogP contribution in [0.1, 0.15) is 82.5 Å². The zero-order valence-electron chi connectivity index (χ0n) is 21.5. The normalized spacial score (nSPS) is 19.6. The lowest BCUT2D eigenvalue weighted by Gasteiger charge is -2.34. The third kappa shape index (κ3) is 6.59. The van der Waals surface area contributed by atoms with Gasteiger partial charge in [0.15, 0.2) is 5.78 Å². The average Bonchev–Trinajstić information content (AvgIpc) is 3.50. The number of halogens is 1. The quantitative estimate of drug-likeness (QED) is 0.500. The van der Waals surface area contributed by atoms with Crippen LogP contribution in [0.3, 0.4) is 0 Å². The van der Waals surface area contributed by atoms with Crippen molar-refractivity contribution in [3.05, 3.63) is 41.6 Å². The minimum absolute atomic E-state index is 0.0235. The summed E-state index contributed by atoms with van der Waals surface area (Å²) in [7, 11) is 0. The predicted octanol–water partition coefficient (Wildman–Crippen LogP) is 4.66. The van der Waals surface area contributed by atoms with E-state index in [1.807, 2.05) is 31.7 Å². The molecule has 2 fully saturated rings. The molecule has 36 heavy (non-hydrogen) atoms. The van der Waals surface area contributed by atoms with Gasteiger partial charge in [-0.15, -0.1) is 0 Å². The van der Waals surface area contributed by atoms with Gasteiger partial charge in [0.1, 0.15) is 11.6 Å². The first-order valence-corrected chi connectivity index (χ1v) is 13.1. The van der Waals surface area contributed by atoms with Crippen LogP contribution in [0, 0.1) is 18.7 Å². The van der Waals surface area contributed by atoms with Crippen molar-refractivity contribution in [2.24, 2.45) is 5.92 Å². The van der Waals surface area contributed by atoms with Gasteiger partial charge in [-0.25, -0.2) is 9.37 Å². The molecule has 1 saturated heterocycles. The summed E-state index contributed by atoms with van der Waals surface area (Å²) in [6.45, 7) is 6.42. The van der Waals surface area contributed by atoms with E-state index in [4.69, 9.17) is 0 Å². The summed E-state index contributed by atoms with van der Waals surface area (Å²) in [5.74, 6) is -0.111. The maximum Gasteiger partial charge on any atom is 0.225 e. The maximum atomic E-state index is 14.4. The van der Waals surface area contributed by atoms with Crippen LogP contribution in [0.2, 0.25) is 0 Å². The number of hydrogen-bond donors (Lipinski definition) is 2. The molecule has 2 amide bonds. The van der Waals surface area contributed by atoms with E-state index in [1.165, 1.54) is 6.07 Å². The van der Waals surface area contributed by atoms with E-state index in [1.54, 1.807) is 12.3 Å². The second kappa shape index (κ2) is 11.4. The van der Waals surface area contributed by atoms with Gasteiger partial charge in [-0.2, -0.15) is 0 Å². The summed E-state index contributed by atoms with van der Waals surface area (Å²) in [5.41, 5.74) is 1.80. The molecule has 1 aromatic heterocycles. The number of ketones is 1. The molecular formula is C28H37FN4O3. The SMILES string of the molecule is Cc1ccc(-c2cnc([C@H](C)CC(=O)[C@H](CC(=O)N3CCCC[C@@H]3C)NC(=O)CC3CC3)[nH]2)c(F)c1. The summed E-state index contributed by atoms with van der Waals surface area (Å²) in [4.78, 5) is 48.4. The Kier molecular flexibility index (Phi) is 8.21. The van der Waals surface area contributed by atoms with E-state index in [-0.39, 0.29) is 48.2 Å². The van der Waals surface area contributed by atoms with Crippen LogP contribution in [0.25, 0.3) is 11.3 Å². The Hall–Kier alpha value is -3.03. The Bertz CT molecular complexity index is 1110. The highest BCUT2D eigenvalue weighted by molar-refractivity contribution is 5.93. The molecule has 1 saturated carbocycles. The van der Waals surface area contributed by atoms with Gasteiger partial charge in [-0.3, -0.25) is 14.4 Å². The van der Waals surface area contributed by atoms with Crippen molar-refractivity contribution in [3.8, 4) is 11.3 Å². The first kappa shape index (κ1) is 26.0. The number of Topliss-reactive ketones (excluding diaryl/α,β-unsaturated/α-hetero) is 1. The van der Waals surface area contributed by atoms with Crippen molar-refractivity contribution < 1.29 is 18.8 Å². The highest BCUT2D eigenvalue weighted by Crippen LogP contribution is 2.32. The minimum atomic E-state index is -0.857. The molecule has 1 aliphatic heterocycles. The lowest BCUT2D eigenvalue weighted by molar-refractivity contribution is -0.138. The van der Waals surface area contributed by atoms with Crippen molar-refractivity contribution >= 4 is 17.6 Å². The second-order valence-corrected chi connectivity index (χ2v) is 10.6. The molecule has 2 aromatic rings. The van der Waals surface area contributed by atoms with Gasteiger partial charge in [0.05, 0.1) is 24.4 Å². The second-order valence-electron chi connectivity index (χ2n) is 10.6. The summed E-state index contributed by atoms with van der Waals surface area (Å²) in [6.07, 6.45) is 7.15. The molecule has 0 radical (unpaired) electrons. The summed E-state index contributed by atoms with van der Waals surface area (Å²) < 4.78 is 14.4. The molecule has 2 heterocycles. The van der Waals surface area contributed by atoms with Crippen molar-refractivity contribution in [2.45, 2.75) is 90.1 Å². The van der Waals surface area contributed by atoms with Gasteiger partial charge in [-0.1, -0.05) is 13.0 Å². The minimum Gasteiger partial charge on any atom is -0.346 e. The molecule has 2 N–H and O–H groups in total. The number of amides is 2. The molecule has 194 valence electrons. The fourth-order valence-corrected chi connectivity index (χ4v) is 4.95. The third-order valence-corrected chi connectivity index (χ3v) is 7.38. The van der Waals surface area contributed by atoms with Crippen LogP contribution in [0.15, 0.2) is 24.4 Å². The molecule has 2 aliphatic rings. The Balaban J connectivity index is 1.43. The molecule has 8 heteroatoms. The van der Waals surface area contributed by atoms with Gasteiger partial charge in [-0.05, 0) is 69.6 Å². The van der Waals surface area contributed by atoms with Gasteiger partial charge < -0.3 is 15.2 Å². The third-order valence-electron chi connectivity index (χ3n) is 7.38. The van der Waals surface area contributed by atoms with Gasteiger partial charge in [0.2, 0.25) is 11.8 Å². The Morgan fingerprint density at radius 2 is 1.97 bits per heavy atom. The molecule has 4 rings (SSSR count). The van der Waals surface area contributed by atoms with Crippen molar-refractivity contribution in [1.82, 2.24) is 20.2 Å². The lowest BCUT2D eigenvalue weighted by Crippen LogP contribution is -2.48. The number of nitrogens with one attached hydrogen (secondary N) is 2. The van der Waals surface area contributed by atoms with Crippen LogP contribution >= 0.6 is 0 Å². The van der Waals surface area contributed by atoms with E-state index in [0.29, 0.717) is 36.0 Å². The molecule has 0 bridgehead atoms. The zero-order chi connectivity index (χ0) is 25.8. The Morgan fingerprint density at radius 1 is 1.19 bits per heavy atom. The van der Waals surface area contributed by atoms with Crippen molar-refractivity contribution in [2.75, 3.05) is 6.54 Å². The van der Waals surface area contributed by atoms with Crippen LogP contribution in [-0.4, -0.2) is 51.1 Å². The maximum absolute atomic E-state index is 14.4.